The highest BCUT2D eigenvalue weighted by atomic mass is 19.1. The summed E-state index contributed by atoms with van der Waals surface area (Å²) in [4.78, 5) is 2.45. The molecule has 0 bridgehead atoms. The molecule has 1 atom stereocenters. The Labute approximate surface area is 121 Å². The lowest BCUT2D eigenvalue weighted by atomic mass is 10.2. The third-order valence-electron chi connectivity index (χ3n) is 3.67. The second kappa shape index (κ2) is 8.22. The average Bonchev–Trinajstić information content (AvgIpc) is 2.94. The quantitative estimate of drug-likeness (QED) is 0.792. The molecule has 0 spiro atoms. The van der Waals surface area contributed by atoms with Gasteiger partial charge in [0.05, 0.1) is 0 Å². The van der Waals surface area contributed by atoms with Crippen LogP contribution in [0, 0.1) is 5.82 Å². The van der Waals surface area contributed by atoms with Gasteiger partial charge < -0.3 is 10.1 Å². The summed E-state index contributed by atoms with van der Waals surface area (Å²) in [6, 6.07) is 6.85. The van der Waals surface area contributed by atoms with Gasteiger partial charge in [-0.1, -0.05) is 6.92 Å². The van der Waals surface area contributed by atoms with E-state index in [1.165, 1.54) is 25.0 Å². The molecule has 0 saturated carbocycles. The molecular weight excluding hydrogens is 255 g/mol. The van der Waals surface area contributed by atoms with E-state index in [4.69, 9.17) is 4.74 Å². The van der Waals surface area contributed by atoms with Crippen molar-refractivity contribution in [1.82, 2.24) is 10.2 Å². The number of benzene rings is 1. The summed E-state index contributed by atoms with van der Waals surface area (Å²) >= 11 is 0. The van der Waals surface area contributed by atoms with Gasteiger partial charge in [0.2, 0.25) is 0 Å². The minimum atomic E-state index is -0.225. The van der Waals surface area contributed by atoms with Crippen molar-refractivity contribution in [3.8, 4) is 5.75 Å². The summed E-state index contributed by atoms with van der Waals surface area (Å²) in [6.07, 6.45) is 3.72. The van der Waals surface area contributed by atoms with Crippen molar-refractivity contribution in [2.24, 2.45) is 0 Å². The second-order valence-electron chi connectivity index (χ2n) is 5.40. The number of nitrogens with one attached hydrogen (secondary N) is 1. The van der Waals surface area contributed by atoms with Gasteiger partial charge in [-0.15, -0.1) is 0 Å². The minimum absolute atomic E-state index is 0.225. The van der Waals surface area contributed by atoms with E-state index >= 15 is 0 Å². The van der Waals surface area contributed by atoms with E-state index in [0.717, 1.165) is 38.3 Å². The molecule has 1 aromatic carbocycles. The highest BCUT2D eigenvalue weighted by molar-refractivity contribution is 5.21. The van der Waals surface area contributed by atoms with E-state index in [2.05, 4.69) is 17.1 Å². The van der Waals surface area contributed by atoms with Gasteiger partial charge in [0.25, 0.3) is 0 Å². The molecular formula is C16H25FN2O. The Morgan fingerprint density at radius 3 is 2.75 bits per heavy atom. The maximum Gasteiger partial charge on any atom is 0.123 e. The van der Waals surface area contributed by atoms with Crippen LogP contribution in [0.15, 0.2) is 24.3 Å². The van der Waals surface area contributed by atoms with E-state index in [1.807, 2.05) is 0 Å². The summed E-state index contributed by atoms with van der Waals surface area (Å²) in [6.45, 7) is 7.12. The molecule has 112 valence electrons. The first-order chi connectivity index (χ1) is 9.78. The maximum absolute atomic E-state index is 12.8. The summed E-state index contributed by atoms with van der Waals surface area (Å²) in [5.41, 5.74) is 0. The summed E-state index contributed by atoms with van der Waals surface area (Å²) in [7, 11) is 0. The highest BCUT2D eigenvalue weighted by Gasteiger charge is 2.17. The normalized spacial score (nSPS) is 18.6. The van der Waals surface area contributed by atoms with Crippen LogP contribution >= 0.6 is 0 Å². The van der Waals surface area contributed by atoms with Crippen LogP contribution in [0.4, 0.5) is 4.39 Å². The topological polar surface area (TPSA) is 24.5 Å². The van der Waals surface area contributed by atoms with E-state index in [1.54, 1.807) is 12.1 Å². The van der Waals surface area contributed by atoms with Crippen molar-refractivity contribution in [2.75, 3.05) is 32.8 Å². The Hall–Kier alpha value is -1.13. The molecule has 2 rings (SSSR count). The summed E-state index contributed by atoms with van der Waals surface area (Å²) in [5.74, 6) is 0.513. The van der Waals surface area contributed by atoms with Crippen molar-refractivity contribution in [1.29, 1.82) is 0 Å². The van der Waals surface area contributed by atoms with E-state index in [9.17, 15) is 4.39 Å². The molecule has 1 heterocycles. The Morgan fingerprint density at radius 1 is 1.30 bits per heavy atom. The molecule has 0 aromatic heterocycles. The van der Waals surface area contributed by atoms with Crippen molar-refractivity contribution in [3.63, 3.8) is 0 Å². The van der Waals surface area contributed by atoms with Crippen molar-refractivity contribution < 1.29 is 9.13 Å². The van der Waals surface area contributed by atoms with E-state index < -0.39 is 0 Å². The van der Waals surface area contributed by atoms with E-state index in [-0.39, 0.29) is 5.82 Å². The number of nitrogens with zero attached hydrogens (tertiary/aromatic N) is 1. The molecule has 1 aromatic rings. The third-order valence-corrected chi connectivity index (χ3v) is 3.67. The molecule has 0 aliphatic carbocycles. The van der Waals surface area contributed by atoms with Gasteiger partial charge in [0.1, 0.15) is 18.2 Å². The molecule has 1 aliphatic rings. The molecule has 3 nitrogen and oxygen atoms in total. The first-order valence-corrected chi connectivity index (χ1v) is 7.62. The Kier molecular flexibility index (Phi) is 6.27. The zero-order chi connectivity index (χ0) is 14.2. The number of halogens is 1. The van der Waals surface area contributed by atoms with Gasteiger partial charge in [-0.05, 0) is 56.6 Å². The second-order valence-corrected chi connectivity index (χ2v) is 5.40. The Bertz CT molecular complexity index is 377. The molecule has 4 heteroatoms. The van der Waals surface area contributed by atoms with Crippen LogP contribution in [-0.2, 0) is 0 Å². The number of rotatable bonds is 8. The van der Waals surface area contributed by atoms with Crippen LogP contribution in [0.2, 0.25) is 0 Å². The predicted molar refractivity (Wildman–Crippen MR) is 79.7 cm³/mol. The van der Waals surface area contributed by atoms with Crippen LogP contribution in [0.5, 0.6) is 5.75 Å². The zero-order valence-electron chi connectivity index (χ0n) is 12.3. The zero-order valence-corrected chi connectivity index (χ0v) is 12.3. The number of hydrogen-bond acceptors (Lipinski definition) is 3. The first-order valence-electron chi connectivity index (χ1n) is 7.62. The fourth-order valence-electron chi connectivity index (χ4n) is 2.66. The van der Waals surface area contributed by atoms with E-state index in [0.29, 0.717) is 12.6 Å². The third kappa shape index (κ3) is 5.10. The number of ether oxygens (including phenoxy) is 1. The van der Waals surface area contributed by atoms with Crippen LogP contribution < -0.4 is 10.1 Å². The standard InChI is InChI=1S/C16H25FN2O/c1-2-10-19(13-15-4-3-9-18-15)11-12-20-16-7-5-14(17)6-8-16/h5-8,15,18H,2-4,9-13H2,1H3. The lowest BCUT2D eigenvalue weighted by molar-refractivity contribution is 0.196. The molecule has 0 radical (unpaired) electrons. The van der Waals surface area contributed by atoms with Gasteiger partial charge in [-0.25, -0.2) is 4.39 Å². The maximum atomic E-state index is 12.8. The predicted octanol–water partition coefficient (Wildman–Crippen LogP) is 2.67. The monoisotopic (exact) mass is 280 g/mol. The van der Waals surface area contributed by atoms with Crippen LogP contribution in [0.3, 0.4) is 0 Å². The average molecular weight is 280 g/mol. The summed E-state index contributed by atoms with van der Waals surface area (Å²) < 4.78 is 18.5. The van der Waals surface area contributed by atoms with Crippen molar-refractivity contribution in [3.05, 3.63) is 30.1 Å². The van der Waals surface area contributed by atoms with Crippen molar-refractivity contribution >= 4 is 0 Å². The highest BCUT2D eigenvalue weighted by Crippen LogP contribution is 2.11. The van der Waals surface area contributed by atoms with Gasteiger partial charge in [-0.3, -0.25) is 4.90 Å². The molecule has 1 unspecified atom stereocenters. The SMILES string of the molecule is CCCN(CCOc1ccc(F)cc1)CC1CCCN1. The molecule has 1 aliphatic heterocycles. The van der Waals surface area contributed by atoms with Crippen molar-refractivity contribution in [2.45, 2.75) is 32.2 Å². The number of hydrogen-bond donors (Lipinski definition) is 1. The Balaban J connectivity index is 1.72. The molecule has 1 fully saturated rings. The molecule has 0 amide bonds. The molecule has 1 N–H and O–H groups in total. The fraction of sp³-hybridized carbons (Fsp3) is 0.625. The largest absolute Gasteiger partial charge is 0.492 e. The fourth-order valence-corrected chi connectivity index (χ4v) is 2.66. The smallest absolute Gasteiger partial charge is 0.123 e. The van der Waals surface area contributed by atoms with Crippen LogP contribution in [0.25, 0.3) is 0 Å². The van der Waals surface area contributed by atoms with Gasteiger partial charge >= 0.3 is 0 Å². The van der Waals surface area contributed by atoms with Crippen LogP contribution in [0.1, 0.15) is 26.2 Å². The Morgan fingerprint density at radius 2 is 2.10 bits per heavy atom. The van der Waals surface area contributed by atoms with Gasteiger partial charge in [0, 0.05) is 19.1 Å². The lowest BCUT2D eigenvalue weighted by Gasteiger charge is -2.25. The van der Waals surface area contributed by atoms with Gasteiger partial charge in [0.15, 0.2) is 0 Å². The van der Waals surface area contributed by atoms with Gasteiger partial charge in [-0.2, -0.15) is 0 Å². The van der Waals surface area contributed by atoms with Crippen LogP contribution in [-0.4, -0.2) is 43.7 Å². The minimum Gasteiger partial charge on any atom is -0.492 e. The first kappa shape index (κ1) is 15.3. The molecule has 20 heavy (non-hydrogen) atoms. The molecule has 1 saturated heterocycles. The summed E-state index contributed by atoms with van der Waals surface area (Å²) in [5, 5.41) is 3.54. The lowest BCUT2D eigenvalue weighted by Crippen LogP contribution is -2.39.